The molecular formula is C15H21ClFNO3. The predicted octanol–water partition coefficient (Wildman–Crippen LogP) is 3.37. The van der Waals surface area contributed by atoms with Gasteiger partial charge in [-0.15, -0.1) is 11.6 Å². The molecular weight excluding hydrogens is 297 g/mol. The molecule has 0 aromatic carbocycles. The summed E-state index contributed by atoms with van der Waals surface area (Å²) in [6, 6.07) is 3.40. The first-order chi connectivity index (χ1) is 10.2. The van der Waals surface area contributed by atoms with E-state index < -0.39 is 5.97 Å². The normalized spacial score (nSPS) is 10.6. The lowest BCUT2D eigenvalue weighted by Crippen LogP contribution is -2.17. The van der Waals surface area contributed by atoms with Crippen molar-refractivity contribution in [3.63, 3.8) is 0 Å². The van der Waals surface area contributed by atoms with Crippen LogP contribution in [0, 0.1) is 0 Å². The number of aromatic nitrogens is 1. The van der Waals surface area contributed by atoms with Crippen molar-refractivity contribution >= 4 is 23.4 Å². The molecule has 21 heavy (non-hydrogen) atoms. The number of alkyl halides is 2. The van der Waals surface area contributed by atoms with Gasteiger partial charge in [0.05, 0.1) is 6.67 Å². The second kappa shape index (κ2) is 10.4. The van der Waals surface area contributed by atoms with Gasteiger partial charge < -0.3 is 9.30 Å². The molecule has 0 fully saturated rings. The van der Waals surface area contributed by atoms with Crippen LogP contribution in [0.15, 0.2) is 18.3 Å². The van der Waals surface area contributed by atoms with Gasteiger partial charge in [0.25, 0.3) is 0 Å². The molecule has 0 bridgehead atoms. The molecule has 6 heteroatoms. The molecule has 4 nitrogen and oxygen atoms in total. The fourth-order valence-corrected chi connectivity index (χ4v) is 2.04. The second-order valence-corrected chi connectivity index (χ2v) is 5.12. The van der Waals surface area contributed by atoms with Gasteiger partial charge in [-0.3, -0.25) is 9.18 Å². The van der Waals surface area contributed by atoms with E-state index in [1.807, 2.05) is 0 Å². The number of rotatable bonds is 11. The van der Waals surface area contributed by atoms with Crippen molar-refractivity contribution in [2.75, 3.05) is 19.2 Å². The molecule has 0 radical (unpaired) electrons. The van der Waals surface area contributed by atoms with E-state index in [1.54, 1.807) is 22.9 Å². The molecule has 1 aromatic heterocycles. The Morgan fingerprint density at radius 2 is 2.05 bits per heavy atom. The van der Waals surface area contributed by atoms with Crippen molar-refractivity contribution < 1.29 is 18.7 Å². The topological polar surface area (TPSA) is 48.3 Å². The van der Waals surface area contributed by atoms with E-state index in [9.17, 15) is 14.0 Å². The smallest absolute Gasteiger partial charge is 0.355 e. The molecule has 0 N–H and O–H groups in total. The molecule has 0 aliphatic heterocycles. The zero-order valence-corrected chi connectivity index (χ0v) is 12.8. The number of unbranched alkanes of at least 4 members (excludes halogenated alkanes) is 2. The lowest BCUT2D eigenvalue weighted by atomic mass is 10.2. The largest absolute Gasteiger partial charge is 0.453 e. The van der Waals surface area contributed by atoms with Crippen molar-refractivity contribution in [3.8, 4) is 0 Å². The van der Waals surface area contributed by atoms with Crippen LogP contribution in [0.5, 0.6) is 0 Å². The molecule has 118 valence electrons. The summed E-state index contributed by atoms with van der Waals surface area (Å²) < 4.78 is 18.8. The van der Waals surface area contributed by atoms with Gasteiger partial charge in [0.1, 0.15) is 12.3 Å². The van der Waals surface area contributed by atoms with Crippen molar-refractivity contribution in [2.24, 2.45) is 0 Å². The lowest BCUT2D eigenvalue weighted by Gasteiger charge is -2.08. The highest BCUT2D eigenvalue weighted by atomic mass is 35.5. The summed E-state index contributed by atoms with van der Waals surface area (Å²) in [5, 5.41) is 0. The van der Waals surface area contributed by atoms with Crippen LogP contribution in [0.3, 0.4) is 0 Å². The first-order valence-electron chi connectivity index (χ1n) is 7.15. The number of ketones is 1. The Hall–Kier alpha value is -1.36. The minimum Gasteiger partial charge on any atom is -0.453 e. The first-order valence-corrected chi connectivity index (χ1v) is 7.68. The maximum absolute atomic E-state index is 12.0. The molecule has 0 saturated carbocycles. The maximum atomic E-state index is 12.0. The molecule has 0 saturated heterocycles. The van der Waals surface area contributed by atoms with Crippen molar-refractivity contribution in [1.82, 2.24) is 4.57 Å². The van der Waals surface area contributed by atoms with Crippen LogP contribution in [0.2, 0.25) is 0 Å². The Morgan fingerprint density at radius 1 is 1.24 bits per heavy atom. The Balaban J connectivity index is 2.40. The van der Waals surface area contributed by atoms with Crippen LogP contribution in [0.1, 0.15) is 42.6 Å². The summed E-state index contributed by atoms with van der Waals surface area (Å²) >= 11 is 5.49. The van der Waals surface area contributed by atoms with E-state index in [-0.39, 0.29) is 19.1 Å². The lowest BCUT2D eigenvalue weighted by molar-refractivity contribution is -0.122. The van der Waals surface area contributed by atoms with E-state index in [0.29, 0.717) is 37.4 Å². The van der Waals surface area contributed by atoms with Crippen LogP contribution in [0.4, 0.5) is 4.39 Å². The van der Waals surface area contributed by atoms with Gasteiger partial charge in [0.15, 0.2) is 5.78 Å². The molecule has 1 aromatic rings. The molecule has 0 aliphatic carbocycles. The molecule has 0 aliphatic rings. The number of hydrogen-bond donors (Lipinski definition) is 0. The summed E-state index contributed by atoms with van der Waals surface area (Å²) in [5.74, 6) is -0.226. The zero-order chi connectivity index (χ0) is 15.5. The Bertz CT molecular complexity index is 448. The van der Waals surface area contributed by atoms with Crippen molar-refractivity contribution in [3.05, 3.63) is 24.0 Å². The third-order valence-corrected chi connectivity index (χ3v) is 3.29. The number of nitrogens with zero attached hydrogens (tertiary/aromatic N) is 1. The molecule has 0 unspecified atom stereocenters. The molecule has 0 atom stereocenters. The molecule has 0 amide bonds. The Kier molecular flexibility index (Phi) is 8.74. The van der Waals surface area contributed by atoms with Gasteiger partial charge in [-0.25, -0.2) is 4.79 Å². The SMILES string of the molecule is O=C(CCCCl)COC(=O)c1cccn1CCCCCF. The summed E-state index contributed by atoms with van der Waals surface area (Å²) in [7, 11) is 0. The van der Waals surface area contributed by atoms with E-state index in [0.717, 1.165) is 12.8 Å². The quantitative estimate of drug-likeness (QED) is 0.357. The van der Waals surface area contributed by atoms with Gasteiger partial charge in [-0.1, -0.05) is 0 Å². The second-order valence-electron chi connectivity index (χ2n) is 4.74. The number of carbonyl (C=O) groups is 2. The standard InChI is InChI=1S/C15H21ClFNO3/c16-8-4-6-13(19)12-21-15(20)14-7-5-11-18(14)10-3-1-2-9-17/h5,7,11H,1-4,6,8-10,12H2. The number of Topliss-reactive ketones (excluding diaryl/α,β-unsaturated/α-hetero) is 1. The van der Waals surface area contributed by atoms with Gasteiger partial charge >= 0.3 is 5.97 Å². The van der Waals surface area contributed by atoms with Crippen LogP contribution in [0.25, 0.3) is 0 Å². The summed E-state index contributed by atoms with van der Waals surface area (Å²) in [4.78, 5) is 23.3. The average Bonchev–Trinajstić information content (AvgIpc) is 2.95. The summed E-state index contributed by atoms with van der Waals surface area (Å²) in [6.45, 7) is 0.103. The van der Waals surface area contributed by atoms with Gasteiger partial charge in [-0.2, -0.15) is 0 Å². The number of hydrogen-bond acceptors (Lipinski definition) is 3. The van der Waals surface area contributed by atoms with Gasteiger partial charge in [-0.05, 0) is 37.8 Å². The van der Waals surface area contributed by atoms with E-state index in [4.69, 9.17) is 16.3 Å². The third kappa shape index (κ3) is 6.76. The van der Waals surface area contributed by atoms with Crippen molar-refractivity contribution in [2.45, 2.75) is 38.6 Å². The number of esters is 1. The molecule has 1 heterocycles. The highest BCUT2D eigenvalue weighted by Crippen LogP contribution is 2.08. The van der Waals surface area contributed by atoms with E-state index in [1.165, 1.54) is 0 Å². The minimum absolute atomic E-state index is 0.134. The maximum Gasteiger partial charge on any atom is 0.355 e. The van der Waals surface area contributed by atoms with Crippen molar-refractivity contribution in [1.29, 1.82) is 0 Å². The van der Waals surface area contributed by atoms with Crippen LogP contribution in [-0.4, -0.2) is 35.5 Å². The Morgan fingerprint density at radius 3 is 2.76 bits per heavy atom. The highest BCUT2D eigenvalue weighted by molar-refractivity contribution is 6.17. The van der Waals surface area contributed by atoms with Crippen LogP contribution >= 0.6 is 11.6 Å². The number of ether oxygens (including phenoxy) is 1. The Labute approximate surface area is 129 Å². The summed E-state index contributed by atoms with van der Waals surface area (Å²) in [6.07, 6.45) is 4.80. The highest BCUT2D eigenvalue weighted by Gasteiger charge is 2.13. The van der Waals surface area contributed by atoms with E-state index >= 15 is 0 Å². The van der Waals surface area contributed by atoms with Crippen LogP contribution < -0.4 is 0 Å². The third-order valence-electron chi connectivity index (χ3n) is 3.02. The monoisotopic (exact) mass is 317 g/mol. The minimum atomic E-state index is -0.510. The number of carbonyl (C=O) groups excluding carboxylic acids is 2. The predicted molar refractivity (Wildman–Crippen MR) is 79.5 cm³/mol. The van der Waals surface area contributed by atoms with Gasteiger partial charge in [0, 0.05) is 25.0 Å². The first kappa shape index (κ1) is 17.7. The number of halogens is 2. The number of aryl methyl sites for hydroxylation is 1. The molecule has 1 rings (SSSR count). The fourth-order valence-electron chi connectivity index (χ4n) is 1.90. The van der Waals surface area contributed by atoms with E-state index in [2.05, 4.69) is 0 Å². The fraction of sp³-hybridized carbons (Fsp3) is 0.600. The van der Waals surface area contributed by atoms with Crippen LogP contribution in [-0.2, 0) is 16.1 Å². The van der Waals surface area contributed by atoms with Gasteiger partial charge in [0.2, 0.25) is 0 Å². The summed E-state index contributed by atoms with van der Waals surface area (Å²) in [5.41, 5.74) is 0.417. The molecule has 0 spiro atoms. The zero-order valence-electron chi connectivity index (χ0n) is 12.0. The average molecular weight is 318 g/mol.